The lowest BCUT2D eigenvalue weighted by Gasteiger charge is -2.14. The summed E-state index contributed by atoms with van der Waals surface area (Å²) in [5.74, 6) is 0.478. The molecule has 0 aromatic heterocycles. The number of benzene rings is 1. The van der Waals surface area contributed by atoms with Gasteiger partial charge in [0.1, 0.15) is 12.4 Å². The van der Waals surface area contributed by atoms with Gasteiger partial charge in [-0.25, -0.2) is 4.79 Å². The summed E-state index contributed by atoms with van der Waals surface area (Å²) in [6.45, 7) is 0.896. The Morgan fingerprint density at radius 3 is 2.89 bits per heavy atom. The van der Waals surface area contributed by atoms with Gasteiger partial charge in [-0.05, 0) is 12.1 Å². The van der Waals surface area contributed by atoms with Crippen molar-refractivity contribution in [1.29, 1.82) is 0 Å². The van der Waals surface area contributed by atoms with Crippen LogP contribution in [0.3, 0.4) is 0 Å². The number of hydrogen-bond donors (Lipinski definition) is 2. The molecule has 7 heteroatoms. The summed E-state index contributed by atoms with van der Waals surface area (Å²) in [4.78, 5) is 10.8. The minimum Gasteiger partial charge on any atom is -0.488 e. The Bertz CT molecular complexity index is 468. The summed E-state index contributed by atoms with van der Waals surface area (Å²) in [7, 11) is 0. The molecule has 1 aromatic rings. The van der Waals surface area contributed by atoms with Crippen molar-refractivity contribution in [3.63, 3.8) is 0 Å². The number of halogens is 2. The van der Waals surface area contributed by atoms with Gasteiger partial charge in [0.2, 0.25) is 0 Å². The lowest BCUT2D eigenvalue weighted by Crippen LogP contribution is -2.22. The van der Waals surface area contributed by atoms with Crippen LogP contribution in [0.25, 0.3) is 0 Å². The minimum absolute atomic E-state index is 0.215. The van der Waals surface area contributed by atoms with Crippen LogP contribution in [0, 0.1) is 0 Å². The summed E-state index contributed by atoms with van der Waals surface area (Å²) in [5.41, 5.74) is 6.31. The van der Waals surface area contributed by atoms with E-state index in [0.717, 1.165) is 0 Å². The molecule has 0 spiro atoms. The number of amides is 1. The Balaban J connectivity index is 2.06. The first-order chi connectivity index (χ1) is 8.60. The van der Waals surface area contributed by atoms with Crippen LogP contribution in [0.2, 0.25) is 10.0 Å². The molecule has 1 unspecified atom stereocenters. The molecule has 1 atom stereocenters. The summed E-state index contributed by atoms with van der Waals surface area (Å²) in [6, 6.07) is 3.28. The first kappa shape index (κ1) is 13.3. The largest absolute Gasteiger partial charge is 0.488 e. The SMILES string of the molecule is NCc1cc(Cl)cc(Cl)c1OCC1CNC(=O)O1. The van der Waals surface area contributed by atoms with Crippen molar-refractivity contribution in [3.8, 4) is 5.75 Å². The predicted molar refractivity (Wildman–Crippen MR) is 68.1 cm³/mol. The van der Waals surface area contributed by atoms with Crippen LogP contribution >= 0.6 is 23.2 Å². The van der Waals surface area contributed by atoms with E-state index in [4.69, 9.17) is 38.4 Å². The third-order valence-electron chi connectivity index (χ3n) is 2.47. The fourth-order valence-electron chi connectivity index (χ4n) is 1.63. The first-order valence-corrected chi connectivity index (χ1v) is 6.11. The van der Waals surface area contributed by atoms with Gasteiger partial charge >= 0.3 is 6.09 Å². The lowest BCUT2D eigenvalue weighted by molar-refractivity contribution is 0.104. The molecule has 18 heavy (non-hydrogen) atoms. The number of carbonyl (C=O) groups excluding carboxylic acids is 1. The summed E-state index contributed by atoms with van der Waals surface area (Å²) >= 11 is 11.9. The zero-order chi connectivity index (χ0) is 13.1. The highest BCUT2D eigenvalue weighted by Crippen LogP contribution is 2.32. The van der Waals surface area contributed by atoms with Gasteiger partial charge in [-0.3, -0.25) is 0 Å². The first-order valence-electron chi connectivity index (χ1n) is 5.35. The monoisotopic (exact) mass is 290 g/mol. The Morgan fingerprint density at radius 2 is 2.28 bits per heavy atom. The molecule has 5 nitrogen and oxygen atoms in total. The molecule has 1 aliphatic rings. The molecule has 1 aliphatic heterocycles. The van der Waals surface area contributed by atoms with Crippen LogP contribution in [0.15, 0.2) is 12.1 Å². The third kappa shape index (κ3) is 2.98. The highest BCUT2D eigenvalue weighted by atomic mass is 35.5. The quantitative estimate of drug-likeness (QED) is 0.889. The molecule has 0 bridgehead atoms. The highest BCUT2D eigenvalue weighted by Gasteiger charge is 2.23. The van der Waals surface area contributed by atoms with Gasteiger partial charge in [-0.15, -0.1) is 0 Å². The molecule has 2 rings (SSSR count). The van der Waals surface area contributed by atoms with Gasteiger partial charge in [0, 0.05) is 17.1 Å². The lowest BCUT2D eigenvalue weighted by atomic mass is 10.2. The predicted octanol–water partition coefficient (Wildman–Crippen LogP) is 1.94. The van der Waals surface area contributed by atoms with Crippen LogP contribution in [0.1, 0.15) is 5.56 Å². The molecule has 1 saturated heterocycles. The van der Waals surface area contributed by atoms with E-state index in [1.165, 1.54) is 0 Å². The molecule has 1 heterocycles. The maximum absolute atomic E-state index is 10.8. The van der Waals surface area contributed by atoms with E-state index in [1.54, 1.807) is 12.1 Å². The molecule has 1 amide bonds. The second-order valence-electron chi connectivity index (χ2n) is 3.80. The normalized spacial score (nSPS) is 18.4. The average molecular weight is 291 g/mol. The van der Waals surface area contributed by atoms with E-state index >= 15 is 0 Å². The van der Waals surface area contributed by atoms with Crippen molar-refractivity contribution in [1.82, 2.24) is 5.32 Å². The number of nitrogens with one attached hydrogen (secondary N) is 1. The fraction of sp³-hybridized carbons (Fsp3) is 0.364. The molecule has 98 valence electrons. The zero-order valence-corrected chi connectivity index (χ0v) is 10.9. The number of alkyl carbamates (subject to hydrolysis) is 1. The van der Waals surface area contributed by atoms with Gasteiger partial charge in [0.15, 0.2) is 6.10 Å². The van der Waals surface area contributed by atoms with Crippen molar-refractivity contribution in [2.75, 3.05) is 13.2 Å². The number of carbonyl (C=O) groups is 1. The number of cyclic esters (lactones) is 1. The Morgan fingerprint density at radius 1 is 1.50 bits per heavy atom. The second kappa shape index (κ2) is 5.65. The zero-order valence-electron chi connectivity index (χ0n) is 9.41. The Kier molecular flexibility index (Phi) is 4.16. The van der Waals surface area contributed by atoms with Crippen molar-refractivity contribution < 1.29 is 14.3 Å². The van der Waals surface area contributed by atoms with Gasteiger partial charge in [-0.1, -0.05) is 23.2 Å². The van der Waals surface area contributed by atoms with Crippen LogP contribution in [0.4, 0.5) is 4.79 Å². The number of nitrogens with two attached hydrogens (primary N) is 1. The molecular formula is C11H12Cl2N2O3. The molecule has 3 N–H and O–H groups in total. The standard InChI is InChI=1S/C11H12Cl2N2O3/c12-7-1-6(3-14)10(9(13)2-7)17-5-8-4-15-11(16)18-8/h1-2,8H,3-5,14H2,(H,15,16). The molecular weight excluding hydrogens is 279 g/mol. The van der Waals surface area contributed by atoms with Crippen molar-refractivity contribution in [2.45, 2.75) is 12.6 Å². The summed E-state index contributed by atoms with van der Waals surface area (Å²) < 4.78 is 10.5. The van der Waals surface area contributed by atoms with Crippen LogP contribution < -0.4 is 15.8 Å². The van der Waals surface area contributed by atoms with Crippen molar-refractivity contribution >= 4 is 29.3 Å². The van der Waals surface area contributed by atoms with E-state index in [-0.39, 0.29) is 19.3 Å². The maximum Gasteiger partial charge on any atom is 0.407 e. The van der Waals surface area contributed by atoms with Gasteiger partial charge in [-0.2, -0.15) is 0 Å². The van der Waals surface area contributed by atoms with E-state index < -0.39 is 6.09 Å². The van der Waals surface area contributed by atoms with Gasteiger partial charge in [0.25, 0.3) is 0 Å². The van der Waals surface area contributed by atoms with Crippen LogP contribution in [-0.4, -0.2) is 25.3 Å². The number of ether oxygens (including phenoxy) is 2. The summed E-state index contributed by atoms with van der Waals surface area (Å²) in [6.07, 6.45) is -0.764. The maximum atomic E-state index is 10.8. The van der Waals surface area contributed by atoms with Crippen molar-refractivity contribution in [3.05, 3.63) is 27.7 Å². The minimum atomic E-state index is -0.440. The van der Waals surface area contributed by atoms with E-state index in [0.29, 0.717) is 27.9 Å². The molecule has 1 fully saturated rings. The molecule has 1 aromatic carbocycles. The topological polar surface area (TPSA) is 73.6 Å². The second-order valence-corrected chi connectivity index (χ2v) is 4.64. The fourth-order valence-corrected chi connectivity index (χ4v) is 2.22. The highest BCUT2D eigenvalue weighted by molar-refractivity contribution is 6.35. The van der Waals surface area contributed by atoms with E-state index in [9.17, 15) is 4.79 Å². The average Bonchev–Trinajstić information content (AvgIpc) is 2.73. The molecule has 0 saturated carbocycles. The van der Waals surface area contributed by atoms with Crippen LogP contribution in [0.5, 0.6) is 5.75 Å². The third-order valence-corrected chi connectivity index (χ3v) is 2.97. The van der Waals surface area contributed by atoms with Crippen LogP contribution in [-0.2, 0) is 11.3 Å². The van der Waals surface area contributed by atoms with E-state index in [1.807, 2.05) is 0 Å². The number of rotatable bonds is 4. The van der Waals surface area contributed by atoms with E-state index in [2.05, 4.69) is 5.32 Å². The smallest absolute Gasteiger partial charge is 0.407 e. The van der Waals surface area contributed by atoms with Gasteiger partial charge < -0.3 is 20.5 Å². The Hall–Kier alpha value is -1.17. The molecule has 0 radical (unpaired) electrons. The summed E-state index contributed by atoms with van der Waals surface area (Å²) in [5, 5.41) is 3.43. The Labute approximate surface area is 114 Å². The van der Waals surface area contributed by atoms with Crippen molar-refractivity contribution in [2.24, 2.45) is 5.73 Å². The molecule has 0 aliphatic carbocycles. The van der Waals surface area contributed by atoms with Gasteiger partial charge in [0.05, 0.1) is 11.6 Å². The number of hydrogen-bond acceptors (Lipinski definition) is 4.